The number of ether oxygens (including phenoxy) is 1. The lowest BCUT2D eigenvalue weighted by molar-refractivity contribution is -0.0981. The lowest BCUT2D eigenvalue weighted by Gasteiger charge is -2.47. The van der Waals surface area contributed by atoms with Crippen LogP contribution in [0.1, 0.15) is 25.1 Å². The van der Waals surface area contributed by atoms with Gasteiger partial charge in [0.15, 0.2) is 35.0 Å². The molecule has 6 heterocycles. The molecule has 21 nitrogen and oxygen atoms in total. The number of hydrogen-bond donors (Lipinski definition) is 6. The van der Waals surface area contributed by atoms with Crippen LogP contribution in [-0.2, 0) is 32.0 Å². The summed E-state index contributed by atoms with van der Waals surface area (Å²) in [6.45, 7) is -1.47. The van der Waals surface area contributed by atoms with Crippen LogP contribution in [0.5, 0.6) is 0 Å². The molecule has 4 fully saturated rings. The standard InChI is InChI=1S/C23H27FN10O11P2/c24-10-14-9(43-21(10)34-7-29-11-17(25)27-5-28-18(11)34)3-41-46(37,38)45-15-13(33-6-30-12-19(33)31-22(26)32-20(12)36)8-1-2-23(8,16(15)35)4-42-47(39,40)44-14/h5-10,13-16,21,35H,1-4H2,(H,37,38)(H,39,40)(H2,25,27,28)(H3,26,31,32,36)/t8-,9-,10-,13-,14-,15+,16+,21-,23+/m1/s1. The van der Waals surface area contributed by atoms with Gasteiger partial charge < -0.3 is 35.7 Å². The van der Waals surface area contributed by atoms with Gasteiger partial charge in [-0.1, -0.05) is 0 Å². The van der Waals surface area contributed by atoms with Crippen LogP contribution >= 0.6 is 15.6 Å². The van der Waals surface area contributed by atoms with Crippen molar-refractivity contribution >= 4 is 49.7 Å². The number of nitrogens with two attached hydrogens (primary N) is 2. The Bertz CT molecular complexity index is 2060. The maximum absolute atomic E-state index is 16.0. The number of imidazole rings is 2. The highest BCUT2D eigenvalue weighted by Gasteiger charge is 2.68. The van der Waals surface area contributed by atoms with Crippen LogP contribution in [0.4, 0.5) is 16.2 Å². The first-order valence-electron chi connectivity index (χ1n) is 14.2. The van der Waals surface area contributed by atoms with E-state index < -0.39 is 88.6 Å². The lowest BCUT2D eigenvalue weighted by atomic mass is 9.60. The molecule has 11 atom stereocenters. The number of hydrogen-bond acceptors (Lipinski definition) is 16. The molecule has 8 N–H and O–H groups in total. The zero-order chi connectivity index (χ0) is 33.0. The Balaban J connectivity index is 1.15. The minimum atomic E-state index is -5.10. The summed E-state index contributed by atoms with van der Waals surface area (Å²) in [4.78, 5) is 56.7. The molecule has 24 heteroatoms. The van der Waals surface area contributed by atoms with Gasteiger partial charge in [0.25, 0.3) is 5.56 Å². The summed E-state index contributed by atoms with van der Waals surface area (Å²) in [6, 6.07) is -0.994. The molecule has 2 aliphatic carbocycles. The third-order valence-electron chi connectivity index (χ3n) is 9.42. The molecular formula is C23H27FN10O11P2. The Morgan fingerprint density at radius 2 is 1.72 bits per heavy atom. The van der Waals surface area contributed by atoms with Crippen molar-refractivity contribution in [3.63, 3.8) is 0 Å². The molecule has 252 valence electrons. The summed E-state index contributed by atoms with van der Waals surface area (Å²) in [6.07, 6.45) is -6.06. The largest absolute Gasteiger partial charge is 0.472 e. The van der Waals surface area contributed by atoms with E-state index >= 15 is 4.39 Å². The minimum absolute atomic E-state index is 0.00733. The zero-order valence-electron chi connectivity index (χ0n) is 23.8. The molecule has 2 saturated heterocycles. The van der Waals surface area contributed by atoms with Crippen LogP contribution in [0, 0.1) is 11.3 Å². The normalized spacial score (nSPS) is 40.7. The number of aliphatic hydroxyl groups excluding tert-OH is 1. The summed E-state index contributed by atoms with van der Waals surface area (Å²) in [5.74, 6) is -0.834. The van der Waals surface area contributed by atoms with Gasteiger partial charge in [0, 0.05) is 5.41 Å². The summed E-state index contributed by atoms with van der Waals surface area (Å²) in [7, 11) is -10.2. The van der Waals surface area contributed by atoms with Gasteiger partial charge in [0.2, 0.25) is 5.95 Å². The van der Waals surface area contributed by atoms with Crippen molar-refractivity contribution in [3.05, 3.63) is 29.3 Å². The number of rotatable bonds is 2. The zero-order valence-corrected chi connectivity index (χ0v) is 25.6. The molecule has 2 saturated carbocycles. The minimum Gasteiger partial charge on any atom is -0.390 e. The number of halogens is 1. The van der Waals surface area contributed by atoms with Crippen molar-refractivity contribution in [1.82, 2.24) is 39.0 Å². The Hall–Kier alpha value is -3.43. The quantitative estimate of drug-likeness (QED) is 0.146. The molecular weight excluding hydrogens is 673 g/mol. The Kier molecular flexibility index (Phi) is 6.92. The number of phosphoric acid groups is 2. The molecule has 4 aliphatic rings. The maximum Gasteiger partial charge on any atom is 0.472 e. The van der Waals surface area contributed by atoms with E-state index in [1.165, 1.54) is 17.2 Å². The Morgan fingerprint density at radius 3 is 2.49 bits per heavy atom. The number of nitrogens with one attached hydrogen (secondary N) is 1. The molecule has 47 heavy (non-hydrogen) atoms. The number of fused-ring (bicyclic) bond motifs is 4. The van der Waals surface area contributed by atoms with E-state index in [4.69, 9.17) is 34.3 Å². The fourth-order valence-electron chi connectivity index (χ4n) is 7.17. The topological polar surface area (TPSA) is 300 Å². The second-order valence-electron chi connectivity index (χ2n) is 11.8. The first-order valence-corrected chi connectivity index (χ1v) is 17.2. The fourth-order valence-corrected chi connectivity index (χ4v) is 9.14. The van der Waals surface area contributed by atoms with Crippen LogP contribution in [-0.4, -0.2) is 97.7 Å². The SMILES string of the molecule is Nc1nc2c(ncn2[C@H]2[C@@H]3OP(=O)(O)OC[C@H]4O[C@@H](n5cnc6c(N)ncnc65)[C@H](F)[C@@H]4OP(=O)(O)OC[C@]4(CC[C@H]24)[C@H]3O)c(=O)[nH]1. The molecule has 0 amide bonds. The van der Waals surface area contributed by atoms with Gasteiger partial charge in [-0.05, 0) is 18.8 Å². The smallest absolute Gasteiger partial charge is 0.390 e. The summed E-state index contributed by atoms with van der Waals surface area (Å²) in [5.41, 5.74) is 9.77. The van der Waals surface area contributed by atoms with E-state index in [0.717, 1.165) is 10.9 Å². The third kappa shape index (κ3) is 4.74. The molecule has 8 rings (SSSR count). The predicted molar refractivity (Wildman–Crippen MR) is 153 cm³/mol. The van der Waals surface area contributed by atoms with E-state index in [9.17, 15) is 28.8 Å². The van der Waals surface area contributed by atoms with Crippen molar-refractivity contribution in [3.8, 4) is 0 Å². The van der Waals surface area contributed by atoms with E-state index in [1.807, 2.05) is 0 Å². The first-order chi connectivity index (χ1) is 22.3. The second kappa shape index (κ2) is 10.5. The molecule has 4 aromatic rings. The number of aliphatic hydroxyl groups is 1. The van der Waals surface area contributed by atoms with E-state index in [1.54, 1.807) is 0 Å². The average molecular weight is 700 g/mol. The van der Waals surface area contributed by atoms with E-state index in [-0.39, 0.29) is 40.5 Å². The van der Waals surface area contributed by atoms with Crippen molar-refractivity contribution in [2.75, 3.05) is 24.7 Å². The molecule has 0 radical (unpaired) electrons. The van der Waals surface area contributed by atoms with Crippen LogP contribution < -0.4 is 17.0 Å². The van der Waals surface area contributed by atoms with Crippen molar-refractivity contribution in [1.29, 1.82) is 0 Å². The summed E-state index contributed by atoms with van der Waals surface area (Å²) >= 11 is 0. The highest BCUT2D eigenvalue weighted by atomic mass is 31.2. The van der Waals surface area contributed by atoms with Gasteiger partial charge in [-0.3, -0.25) is 32.4 Å². The number of nitrogen functional groups attached to an aromatic ring is 2. The van der Waals surface area contributed by atoms with Gasteiger partial charge in [-0.25, -0.2) is 33.5 Å². The van der Waals surface area contributed by atoms with Crippen LogP contribution in [0.25, 0.3) is 22.3 Å². The molecule has 2 bridgehead atoms. The Morgan fingerprint density at radius 1 is 1.00 bits per heavy atom. The predicted octanol–water partition coefficient (Wildman–Crippen LogP) is -0.311. The summed E-state index contributed by atoms with van der Waals surface area (Å²) < 4.78 is 72.7. The van der Waals surface area contributed by atoms with Gasteiger partial charge in [-0.15, -0.1) is 0 Å². The van der Waals surface area contributed by atoms with Gasteiger partial charge in [0.05, 0.1) is 38.0 Å². The van der Waals surface area contributed by atoms with Crippen LogP contribution in [0.3, 0.4) is 0 Å². The number of alkyl halides is 1. The van der Waals surface area contributed by atoms with Gasteiger partial charge in [0.1, 0.15) is 30.2 Å². The first kappa shape index (κ1) is 30.9. The average Bonchev–Trinajstić information content (AvgIpc) is 3.72. The van der Waals surface area contributed by atoms with E-state index in [2.05, 4.69) is 29.9 Å². The van der Waals surface area contributed by atoms with Crippen LogP contribution in [0.15, 0.2) is 23.8 Å². The number of anilines is 2. The summed E-state index contributed by atoms with van der Waals surface area (Å²) in [5, 5.41) is 11.6. The fraction of sp³-hybridized carbons (Fsp3) is 0.565. The molecule has 4 aromatic heterocycles. The highest BCUT2D eigenvalue weighted by molar-refractivity contribution is 7.47. The number of H-pyrrole nitrogens is 1. The van der Waals surface area contributed by atoms with Gasteiger partial charge >= 0.3 is 15.6 Å². The van der Waals surface area contributed by atoms with Crippen molar-refractivity contribution in [2.24, 2.45) is 11.3 Å². The number of aromatic nitrogens is 8. The second-order valence-corrected chi connectivity index (χ2v) is 14.6. The molecule has 2 unspecified atom stereocenters. The number of phosphoric ester groups is 2. The number of nitrogens with zero attached hydrogens (tertiary/aromatic N) is 7. The van der Waals surface area contributed by atoms with Crippen molar-refractivity contribution < 1.29 is 51.2 Å². The third-order valence-corrected chi connectivity index (χ3v) is 11.4. The lowest BCUT2D eigenvalue weighted by Crippen LogP contribution is -2.49. The molecule has 1 spiro atoms. The monoisotopic (exact) mass is 700 g/mol. The van der Waals surface area contributed by atoms with Crippen molar-refractivity contribution in [2.45, 2.75) is 55.7 Å². The molecule has 0 aromatic carbocycles. The molecule has 2 aliphatic heterocycles. The number of aromatic amines is 1. The maximum atomic E-state index is 16.0. The van der Waals surface area contributed by atoms with Crippen LogP contribution in [0.2, 0.25) is 0 Å². The highest BCUT2D eigenvalue weighted by Crippen LogP contribution is 2.66. The van der Waals surface area contributed by atoms with Gasteiger partial charge in [-0.2, -0.15) is 4.98 Å². The van der Waals surface area contributed by atoms with E-state index in [0.29, 0.717) is 6.42 Å². The Labute approximate surface area is 261 Å².